The van der Waals surface area contributed by atoms with Gasteiger partial charge < -0.3 is 9.84 Å². The molecule has 0 aliphatic rings. The second-order valence-electron chi connectivity index (χ2n) is 3.66. The largest absolute Gasteiger partial charge is 0.457 e. The van der Waals surface area contributed by atoms with Crippen LogP contribution in [0.3, 0.4) is 0 Å². The molecular formula is C14H15ClO2. The summed E-state index contributed by atoms with van der Waals surface area (Å²) in [5.41, 5.74) is 0.889. The number of hydrogen-bond donors (Lipinski definition) is 1. The highest BCUT2D eigenvalue weighted by Crippen LogP contribution is 2.22. The van der Waals surface area contributed by atoms with E-state index in [0.717, 1.165) is 17.1 Å². The molecule has 0 spiro atoms. The summed E-state index contributed by atoms with van der Waals surface area (Å²) in [6, 6.07) is 17.1. The van der Waals surface area contributed by atoms with Gasteiger partial charge in [-0.3, -0.25) is 0 Å². The summed E-state index contributed by atoms with van der Waals surface area (Å²) in [6.07, 6.45) is -0.439. The van der Waals surface area contributed by atoms with Crippen LogP contribution < -0.4 is 4.74 Å². The average Bonchev–Trinajstić information content (AvgIpc) is 2.31. The molecule has 0 bridgehead atoms. The summed E-state index contributed by atoms with van der Waals surface area (Å²) >= 11 is 0. The van der Waals surface area contributed by atoms with Crippen molar-refractivity contribution < 1.29 is 9.84 Å². The molecular weight excluding hydrogens is 236 g/mol. The molecule has 0 saturated carbocycles. The van der Waals surface area contributed by atoms with Crippen LogP contribution in [0.5, 0.6) is 11.5 Å². The van der Waals surface area contributed by atoms with E-state index in [-0.39, 0.29) is 12.4 Å². The molecule has 90 valence electrons. The number of para-hydroxylation sites is 1. The van der Waals surface area contributed by atoms with Gasteiger partial charge in [0.25, 0.3) is 0 Å². The molecule has 3 heteroatoms. The monoisotopic (exact) mass is 250 g/mol. The second kappa shape index (κ2) is 6.28. The quantitative estimate of drug-likeness (QED) is 0.894. The molecule has 0 fully saturated rings. The molecule has 1 unspecified atom stereocenters. The minimum Gasteiger partial charge on any atom is -0.457 e. The Hall–Kier alpha value is -1.51. The van der Waals surface area contributed by atoms with Gasteiger partial charge >= 0.3 is 0 Å². The molecule has 17 heavy (non-hydrogen) atoms. The van der Waals surface area contributed by atoms with Gasteiger partial charge in [-0.25, -0.2) is 0 Å². The van der Waals surface area contributed by atoms with Crippen LogP contribution in [0.15, 0.2) is 54.6 Å². The maximum atomic E-state index is 9.36. The maximum absolute atomic E-state index is 9.36. The normalized spacial score (nSPS) is 11.4. The van der Waals surface area contributed by atoms with Crippen LogP contribution in [0.2, 0.25) is 0 Å². The van der Waals surface area contributed by atoms with Crippen molar-refractivity contribution in [1.82, 2.24) is 0 Å². The van der Waals surface area contributed by atoms with E-state index in [1.54, 1.807) is 6.92 Å². The molecule has 0 amide bonds. The molecule has 2 aromatic carbocycles. The minimum atomic E-state index is -0.439. The first-order valence-electron chi connectivity index (χ1n) is 5.26. The Bertz CT molecular complexity index is 438. The van der Waals surface area contributed by atoms with E-state index in [1.807, 2.05) is 54.6 Å². The predicted molar refractivity (Wildman–Crippen MR) is 70.8 cm³/mol. The number of hydrogen-bond acceptors (Lipinski definition) is 2. The summed E-state index contributed by atoms with van der Waals surface area (Å²) in [5, 5.41) is 9.36. The van der Waals surface area contributed by atoms with Gasteiger partial charge in [0.05, 0.1) is 6.10 Å². The third-order valence-electron chi connectivity index (χ3n) is 2.34. The van der Waals surface area contributed by atoms with E-state index in [4.69, 9.17) is 4.74 Å². The van der Waals surface area contributed by atoms with Crippen LogP contribution in [-0.4, -0.2) is 5.11 Å². The van der Waals surface area contributed by atoms with Crippen LogP contribution in [0, 0.1) is 0 Å². The van der Waals surface area contributed by atoms with Crippen molar-refractivity contribution in [2.45, 2.75) is 13.0 Å². The van der Waals surface area contributed by atoms with Crippen molar-refractivity contribution in [3.8, 4) is 11.5 Å². The summed E-state index contributed by atoms with van der Waals surface area (Å²) in [7, 11) is 0. The van der Waals surface area contributed by atoms with Crippen molar-refractivity contribution >= 4 is 12.4 Å². The Kier molecular flexibility index (Phi) is 5.01. The van der Waals surface area contributed by atoms with Crippen molar-refractivity contribution in [2.24, 2.45) is 0 Å². The zero-order valence-corrected chi connectivity index (χ0v) is 10.4. The molecule has 2 rings (SSSR count). The Labute approximate surface area is 107 Å². The van der Waals surface area contributed by atoms with E-state index >= 15 is 0 Å². The molecule has 0 heterocycles. The zero-order valence-electron chi connectivity index (χ0n) is 9.54. The lowest BCUT2D eigenvalue weighted by molar-refractivity contribution is 0.199. The number of rotatable bonds is 3. The van der Waals surface area contributed by atoms with Gasteiger partial charge in [-0.15, -0.1) is 12.4 Å². The maximum Gasteiger partial charge on any atom is 0.127 e. The summed E-state index contributed by atoms with van der Waals surface area (Å²) in [6.45, 7) is 1.74. The summed E-state index contributed by atoms with van der Waals surface area (Å²) < 4.78 is 5.63. The van der Waals surface area contributed by atoms with Gasteiger partial charge in [-0.1, -0.05) is 30.3 Å². The predicted octanol–water partition coefficient (Wildman–Crippen LogP) is 3.95. The van der Waals surface area contributed by atoms with E-state index in [0.29, 0.717) is 0 Å². The van der Waals surface area contributed by atoms with Gasteiger partial charge in [-0.05, 0) is 36.8 Å². The number of benzene rings is 2. The fourth-order valence-corrected chi connectivity index (χ4v) is 1.44. The Balaban J connectivity index is 0.00000144. The van der Waals surface area contributed by atoms with Crippen molar-refractivity contribution in [3.63, 3.8) is 0 Å². The Morgan fingerprint density at radius 1 is 0.882 bits per heavy atom. The van der Waals surface area contributed by atoms with E-state index in [9.17, 15) is 5.11 Å². The lowest BCUT2D eigenvalue weighted by atomic mass is 10.1. The topological polar surface area (TPSA) is 29.5 Å². The van der Waals surface area contributed by atoms with Crippen LogP contribution in [0.4, 0.5) is 0 Å². The molecule has 2 aromatic rings. The minimum absolute atomic E-state index is 0. The second-order valence-corrected chi connectivity index (χ2v) is 3.66. The van der Waals surface area contributed by atoms with Crippen molar-refractivity contribution in [3.05, 3.63) is 60.2 Å². The molecule has 1 N–H and O–H groups in total. The van der Waals surface area contributed by atoms with E-state index in [1.165, 1.54) is 0 Å². The van der Waals surface area contributed by atoms with Crippen LogP contribution in [0.25, 0.3) is 0 Å². The molecule has 0 saturated heterocycles. The SMILES string of the molecule is CC(O)c1ccc(Oc2ccccc2)cc1.Cl. The highest BCUT2D eigenvalue weighted by Gasteiger charge is 2.01. The number of aliphatic hydroxyl groups excluding tert-OH is 1. The molecule has 0 aliphatic carbocycles. The summed E-state index contributed by atoms with van der Waals surface area (Å²) in [4.78, 5) is 0. The average molecular weight is 251 g/mol. The van der Waals surface area contributed by atoms with Crippen LogP contribution in [0.1, 0.15) is 18.6 Å². The van der Waals surface area contributed by atoms with Crippen molar-refractivity contribution in [1.29, 1.82) is 0 Å². The van der Waals surface area contributed by atoms with E-state index < -0.39 is 6.10 Å². The van der Waals surface area contributed by atoms with Gasteiger partial charge in [0.1, 0.15) is 11.5 Å². The third-order valence-corrected chi connectivity index (χ3v) is 2.34. The van der Waals surface area contributed by atoms with E-state index in [2.05, 4.69) is 0 Å². The highest BCUT2D eigenvalue weighted by molar-refractivity contribution is 5.85. The smallest absolute Gasteiger partial charge is 0.127 e. The van der Waals surface area contributed by atoms with Gasteiger partial charge in [0.2, 0.25) is 0 Å². The molecule has 1 atom stereocenters. The zero-order chi connectivity index (χ0) is 11.4. The van der Waals surface area contributed by atoms with Crippen molar-refractivity contribution in [2.75, 3.05) is 0 Å². The Morgan fingerprint density at radius 2 is 1.41 bits per heavy atom. The molecule has 0 radical (unpaired) electrons. The lowest BCUT2D eigenvalue weighted by Crippen LogP contribution is -1.90. The standard InChI is InChI=1S/C14H14O2.ClH/c1-11(15)12-7-9-14(10-8-12)16-13-5-3-2-4-6-13;/h2-11,15H,1H3;1H. The number of ether oxygens (including phenoxy) is 1. The summed E-state index contributed by atoms with van der Waals surface area (Å²) in [5.74, 6) is 1.59. The van der Waals surface area contributed by atoms with Gasteiger partial charge in [0.15, 0.2) is 0 Å². The lowest BCUT2D eigenvalue weighted by Gasteiger charge is -2.07. The first-order valence-corrected chi connectivity index (χ1v) is 5.26. The van der Waals surface area contributed by atoms with Gasteiger partial charge in [-0.2, -0.15) is 0 Å². The molecule has 2 nitrogen and oxygen atoms in total. The fraction of sp³-hybridized carbons (Fsp3) is 0.143. The third kappa shape index (κ3) is 3.77. The molecule has 0 aliphatic heterocycles. The van der Waals surface area contributed by atoms with Crippen LogP contribution >= 0.6 is 12.4 Å². The fourth-order valence-electron chi connectivity index (χ4n) is 1.44. The number of halogens is 1. The van der Waals surface area contributed by atoms with Crippen LogP contribution in [-0.2, 0) is 0 Å². The Morgan fingerprint density at radius 3 is 1.94 bits per heavy atom. The number of aliphatic hydroxyl groups is 1. The van der Waals surface area contributed by atoms with Gasteiger partial charge in [0, 0.05) is 0 Å². The first kappa shape index (κ1) is 13.6. The molecule has 0 aromatic heterocycles. The highest BCUT2D eigenvalue weighted by atomic mass is 35.5. The first-order chi connectivity index (χ1) is 7.75.